The van der Waals surface area contributed by atoms with Gasteiger partial charge in [0, 0.05) is 6.20 Å². The van der Waals surface area contributed by atoms with E-state index in [1.165, 1.54) is 25.2 Å². The number of carbonyl (C=O) groups excluding carboxylic acids is 1. The van der Waals surface area contributed by atoms with Gasteiger partial charge in [-0.1, -0.05) is 0 Å². The fraction of sp³-hybridized carbons (Fsp3) is 0.500. The molecule has 1 N–H and O–H groups in total. The summed E-state index contributed by atoms with van der Waals surface area (Å²) >= 11 is 0. The largest absolute Gasteiger partial charge is 0.462 e. The maximum atomic E-state index is 12.3. The SMILES string of the molecule is CCOC(=O)c1c[nH]c2c(cnn2C(C)C2CC2)c1=O. The number of ether oxygens (including phenoxy) is 1. The van der Waals surface area contributed by atoms with E-state index in [4.69, 9.17) is 4.74 Å². The van der Waals surface area contributed by atoms with Gasteiger partial charge in [0.25, 0.3) is 0 Å². The van der Waals surface area contributed by atoms with Crippen LogP contribution in [0.5, 0.6) is 0 Å². The highest BCUT2D eigenvalue weighted by atomic mass is 16.5. The molecule has 1 unspecified atom stereocenters. The molecule has 20 heavy (non-hydrogen) atoms. The predicted octanol–water partition coefficient (Wildman–Crippen LogP) is 1.87. The number of aromatic nitrogens is 3. The zero-order chi connectivity index (χ0) is 14.3. The van der Waals surface area contributed by atoms with Gasteiger partial charge in [-0.3, -0.25) is 4.79 Å². The van der Waals surface area contributed by atoms with Crippen molar-refractivity contribution in [2.45, 2.75) is 32.7 Å². The first-order chi connectivity index (χ1) is 9.63. The number of hydrogen-bond acceptors (Lipinski definition) is 4. The standard InChI is InChI=1S/C14H17N3O3/c1-3-20-14(19)11-6-15-13-10(12(11)18)7-16-17(13)8(2)9-4-5-9/h6-9H,3-5H2,1-2H3,(H,15,18). The highest BCUT2D eigenvalue weighted by Gasteiger charge is 2.31. The third-order valence-corrected chi connectivity index (χ3v) is 3.82. The molecule has 1 aliphatic carbocycles. The summed E-state index contributed by atoms with van der Waals surface area (Å²) in [6.45, 7) is 4.05. The van der Waals surface area contributed by atoms with Crippen LogP contribution in [0.15, 0.2) is 17.2 Å². The van der Waals surface area contributed by atoms with Crippen LogP contribution in [0, 0.1) is 5.92 Å². The Morgan fingerprint density at radius 1 is 1.60 bits per heavy atom. The Balaban J connectivity index is 2.06. The van der Waals surface area contributed by atoms with E-state index in [1.54, 1.807) is 6.92 Å². The van der Waals surface area contributed by atoms with Crippen molar-refractivity contribution in [2.75, 3.05) is 6.61 Å². The molecule has 6 nitrogen and oxygen atoms in total. The number of fused-ring (bicyclic) bond motifs is 1. The molecule has 0 spiro atoms. The number of aromatic amines is 1. The van der Waals surface area contributed by atoms with E-state index in [9.17, 15) is 9.59 Å². The number of nitrogens with zero attached hydrogens (tertiary/aromatic N) is 2. The molecule has 3 rings (SSSR count). The van der Waals surface area contributed by atoms with Crippen molar-refractivity contribution in [3.05, 3.63) is 28.2 Å². The van der Waals surface area contributed by atoms with E-state index in [1.807, 2.05) is 4.68 Å². The predicted molar refractivity (Wildman–Crippen MR) is 73.7 cm³/mol. The molecular formula is C14H17N3O3. The highest BCUT2D eigenvalue weighted by Crippen LogP contribution is 2.39. The summed E-state index contributed by atoms with van der Waals surface area (Å²) in [5.74, 6) is 0.0324. The summed E-state index contributed by atoms with van der Waals surface area (Å²) < 4.78 is 6.71. The number of pyridine rings is 1. The van der Waals surface area contributed by atoms with Gasteiger partial charge in [-0.25, -0.2) is 9.48 Å². The number of H-pyrrole nitrogens is 1. The minimum Gasteiger partial charge on any atom is -0.462 e. The van der Waals surface area contributed by atoms with Crippen LogP contribution in [0.25, 0.3) is 11.0 Å². The van der Waals surface area contributed by atoms with Crippen LogP contribution in [-0.2, 0) is 4.74 Å². The van der Waals surface area contributed by atoms with Crippen molar-refractivity contribution in [3.63, 3.8) is 0 Å². The summed E-state index contributed by atoms with van der Waals surface area (Å²) in [6.07, 6.45) is 5.34. The third-order valence-electron chi connectivity index (χ3n) is 3.82. The van der Waals surface area contributed by atoms with Gasteiger partial charge in [-0.05, 0) is 32.6 Å². The van der Waals surface area contributed by atoms with E-state index in [0.29, 0.717) is 17.0 Å². The van der Waals surface area contributed by atoms with Crippen molar-refractivity contribution < 1.29 is 9.53 Å². The fourth-order valence-electron chi connectivity index (χ4n) is 2.47. The summed E-state index contributed by atoms with van der Waals surface area (Å²) in [7, 11) is 0. The first-order valence-corrected chi connectivity index (χ1v) is 6.89. The van der Waals surface area contributed by atoms with Crippen molar-refractivity contribution in [3.8, 4) is 0 Å². The average Bonchev–Trinajstić information content (AvgIpc) is 3.18. The molecule has 0 aliphatic heterocycles. The lowest BCUT2D eigenvalue weighted by Crippen LogP contribution is -2.18. The first kappa shape index (κ1) is 12.9. The number of nitrogens with one attached hydrogen (secondary N) is 1. The van der Waals surface area contributed by atoms with Gasteiger partial charge in [0.1, 0.15) is 11.2 Å². The molecule has 0 saturated heterocycles. The molecule has 0 amide bonds. The van der Waals surface area contributed by atoms with Crippen LogP contribution in [0.1, 0.15) is 43.1 Å². The van der Waals surface area contributed by atoms with Gasteiger partial charge in [-0.2, -0.15) is 5.10 Å². The lowest BCUT2D eigenvalue weighted by atomic mass is 10.2. The average molecular weight is 275 g/mol. The number of rotatable bonds is 4. The monoisotopic (exact) mass is 275 g/mol. The van der Waals surface area contributed by atoms with Crippen LogP contribution in [0.3, 0.4) is 0 Å². The van der Waals surface area contributed by atoms with Crippen molar-refractivity contribution in [2.24, 2.45) is 5.92 Å². The molecule has 1 fully saturated rings. The second kappa shape index (κ2) is 4.77. The van der Waals surface area contributed by atoms with E-state index < -0.39 is 5.97 Å². The molecule has 2 heterocycles. The van der Waals surface area contributed by atoms with Crippen LogP contribution in [0.2, 0.25) is 0 Å². The van der Waals surface area contributed by atoms with E-state index in [-0.39, 0.29) is 23.6 Å². The lowest BCUT2D eigenvalue weighted by Gasteiger charge is -2.11. The van der Waals surface area contributed by atoms with Gasteiger partial charge >= 0.3 is 5.97 Å². The molecule has 2 aromatic heterocycles. The van der Waals surface area contributed by atoms with Crippen molar-refractivity contribution >= 4 is 17.0 Å². The van der Waals surface area contributed by atoms with E-state index >= 15 is 0 Å². The lowest BCUT2D eigenvalue weighted by molar-refractivity contribution is 0.0524. The van der Waals surface area contributed by atoms with Gasteiger partial charge in [0.15, 0.2) is 0 Å². The first-order valence-electron chi connectivity index (χ1n) is 6.89. The van der Waals surface area contributed by atoms with Crippen LogP contribution in [-0.4, -0.2) is 27.3 Å². The molecule has 106 valence electrons. The zero-order valence-electron chi connectivity index (χ0n) is 11.5. The Kier molecular flexibility index (Phi) is 3.08. The molecular weight excluding hydrogens is 258 g/mol. The van der Waals surface area contributed by atoms with E-state index in [0.717, 1.165) is 0 Å². The summed E-state index contributed by atoms with van der Waals surface area (Å²) in [6, 6.07) is 0.261. The van der Waals surface area contributed by atoms with Gasteiger partial charge in [0.05, 0.1) is 24.2 Å². The van der Waals surface area contributed by atoms with Crippen LogP contribution >= 0.6 is 0 Å². The van der Waals surface area contributed by atoms with Gasteiger partial charge < -0.3 is 9.72 Å². The Labute approximate surface area is 115 Å². The molecule has 0 aromatic carbocycles. The van der Waals surface area contributed by atoms with Crippen molar-refractivity contribution in [1.29, 1.82) is 0 Å². The molecule has 0 bridgehead atoms. The highest BCUT2D eigenvalue weighted by molar-refractivity contribution is 5.92. The molecule has 6 heteroatoms. The molecule has 1 atom stereocenters. The maximum Gasteiger partial charge on any atom is 0.343 e. The minimum atomic E-state index is -0.598. The summed E-state index contributed by atoms with van der Waals surface area (Å²) in [5, 5.41) is 4.73. The fourth-order valence-corrected chi connectivity index (χ4v) is 2.47. The quantitative estimate of drug-likeness (QED) is 0.864. The minimum absolute atomic E-state index is 0.0259. The summed E-state index contributed by atoms with van der Waals surface area (Å²) in [4.78, 5) is 27.0. The van der Waals surface area contributed by atoms with Gasteiger partial charge in [-0.15, -0.1) is 0 Å². The zero-order valence-corrected chi connectivity index (χ0v) is 11.5. The Hall–Kier alpha value is -2.11. The number of carbonyl (C=O) groups is 1. The Morgan fingerprint density at radius 2 is 2.35 bits per heavy atom. The summed E-state index contributed by atoms with van der Waals surface area (Å²) in [5.41, 5.74) is 0.367. The topological polar surface area (TPSA) is 77.0 Å². The molecule has 0 radical (unpaired) electrons. The number of esters is 1. The second-order valence-corrected chi connectivity index (χ2v) is 5.18. The second-order valence-electron chi connectivity index (χ2n) is 5.18. The van der Waals surface area contributed by atoms with Crippen molar-refractivity contribution in [1.82, 2.24) is 14.8 Å². The number of hydrogen-bond donors (Lipinski definition) is 1. The normalized spacial score (nSPS) is 16.3. The molecule has 1 aliphatic rings. The van der Waals surface area contributed by atoms with Gasteiger partial charge in [0.2, 0.25) is 5.43 Å². The third kappa shape index (κ3) is 2.01. The smallest absolute Gasteiger partial charge is 0.343 e. The maximum absolute atomic E-state index is 12.3. The van der Waals surface area contributed by atoms with E-state index in [2.05, 4.69) is 17.0 Å². The Morgan fingerprint density at radius 3 is 3.00 bits per heavy atom. The molecule has 1 saturated carbocycles. The van der Waals surface area contributed by atoms with Crippen LogP contribution < -0.4 is 5.43 Å². The molecule has 2 aromatic rings. The van der Waals surface area contributed by atoms with Crippen LogP contribution in [0.4, 0.5) is 0 Å². The Bertz CT molecular complexity index is 712.